The molecule has 0 spiro atoms. The highest BCUT2D eigenvalue weighted by Gasteiger charge is 2.10. The summed E-state index contributed by atoms with van der Waals surface area (Å²) >= 11 is 0. The van der Waals surface area contributed by atoms with Crippen LogP contribution < -0.4 is 0 Å². The maximum Gasteiger partial charge on any atom is 0.0978 e. The minimum Gasteiger partial charge on any atom is -0.498 e. The molecule has 0 heterocycles. The van der Waals surface area contributed by atoms with E-state index in [1.165, 1.54) is 64.2 Å². The average molecular weight is 210 g/mol. The van der Waals surface area contributed by atoms with Crippen LogP contribution in [0.15, 0.2) is 12.3 Å². The van der Waals surface area contributed by atoms with Crippen molar-refractivity contribution < 1.29 is 4.74 Å². The van der Waals surface area contributed by atoms with Gasteiger partial charge in [-0.2, -0.15) is 0 Å². The largest absolute Gasteiger partial charge is 0.498 e. The Bertz CT molecular complexity index is 155. The number of hydrogen-bond acceptors (Lipinski definition) is 1. The monoisotopic (exact) mass is 210 g/mol. The first-order chi connectivity index (χ1) is 7.43. The first-order valence-electron chi connectivity index (χ1n) is 6.74. The molecule has 0 amide bonds. The van der Waals surface area contributed by atoms with Gasteiger partial charge in [0.15, 0.2) is 0 Å². The number of ether oxygens (including phenoxy) is 1. The average Bonchev–Trinajstić information content (AvgIpc) is 2.52. The summed E-state index contributed by atoms with van der Waals surface area (Å²) in [6, 6.07) is 0. The molecule has 1 aliphatic rings. The topological polar surface area (TPSA) is 9.23 Å². The number of unbranched alkanes of at least 4 members (excludes halogenated alkanes) is 3. The van der Waals surface area contributed by atoms with Gasteiger partial charge in [-0.25, -0.2) is 0 Å². The summed E-state index contributed by atoms with van der Waals surface area (Å²) in [5, 5.41) is 0. The van der Waals surface area contributed by atoms with Crippen LogP contribution >= 0.6 is 0 Å². The van der Waals surface area contributed by atoms with Crippen molar-refractivity contribution in [3.8, 4) is 0 Å². The van der Waals surface area contributed by atoms with Gasteiger partial charge in [-0.3, -0.25) is 0 Å². The van der Waals surface area contributed by atoms with Gasteiger partial charge in [0, 0.05) is 0 Å². The fourth-order valence-corrected chi connectivity index (χ4v) is 2.12. The lowest BCUT2D eigenvalue weighted by atomic mass is 10.1. The summed E-state index contributed by atoms with van der Waals surface area (Å²) in [7, 11) is 0. The maximum absolute atomic E-state index is 5.76. The van der Waals surface area contributed by atoms with Gasteiger partial charge in [0.1, 0.15) is 0 Å². The molecule has 0 bridgehead atoms. The lowest BCUT2D eigenvalue weighted by molar-refractivity contribution is 0.128. The first kappa shape index (κ1) is 12.6. The van der Waals surface area contributed by atoms with Crippen molar-refractivity contribution in [3.63, 3.8) is 0 Å². The van der Waals surface area contributed by atoms with Gasteiger partial charge in [-0.1, -0.05) is 32.6 Å². The third kappa shape index (κ3) is 6.59. The molecule has 1 nitrogen and oxygen atoms in total. The zero-order chi connectivity index (χ0) is 10.8. The van der Waals surface area contributed by atoms with E-state index in [4.69, 9.17) is 4.74 Å². The van der Waals surface area contributed by atoms with Gasteiger partial charge in [0.05, 0.1) is 12.4 Å². The van der Waals surface area contributed by atoms with E-state index in [0.29, 0.717) is 6.10 Å². The van der Waals surface area contributed by atoms with Crippen LogP contribution in [-0.4, -0.2) is 6.10 Å². The first-order valence-corrected chi connectivity index (χ1v) is 6.74. The van der Waals surface area contributed by atoms with Crippen molar-refractivity contribution in [3.05, 3.63) is 12.3 Å². The van der Waals surface area contributed by atoms with E-state index in [1.807, 2.05) is 6.26 Å². The molecule has 1 fully saturated rings. The summed E-state index contributed by atoms with van der Waals surface area (Å²) in [6.45, 7) is 2.24. The summed E-state index contributed by atoms with van der Waals surface area (Å²) in [5.74, 6) is 0. The number of allylic oxidation sites excluding steroid dienone is 1. The standard InChI is InChI=1S/C14H26O/c1-2-3-4-7-10-13-15-14-11-8-5-6-9-12-14/h10,13-14H,2-9,11-12H2,1H3/b13-10+. The van der Waals surface area contributed by atoms with Gasteiger partial charge in [-0.05, 0) is 44.6 Å². The number of rotatable bonds is 6. The highest BCUT2D eigenvalue weighted by molar-refractivity contribution is 4.76. The molecule has 1 heteroatoms. The normalized spacial score (nSPS) is 19.3. The lowest BCUT2D eigenvalue weighted by Crippen LogP contribution is -2.07. The van der Waals surface area contributed by atoms with Gasteiger partial charge in [-0.15, -0.1) is 0 Å². The quantitative estimate of drug-likeness (QED) is 0.347. The predicted octanol–water partition coefficient (Wildman–Crippen LogP) is 4.82. The summed E-state index contributed by atoms with van der Waals surface area (Å²) in [6.07, 6.45) is 17.8. The van der Waals surface area contributed by atoms with E-state index >= 15 is 0 Å². The third-order valence-electron chi connectivity index (χ3n) is 3.14. The summed E-state index contributed by atoms with van der Waals surface area (Å²) < 4.78 is 5.76. The van der Waals surface area contributed by atoms with Crippen molar-refractivity contribution in [2.75, 3.05) is 0 Å². The van der Waals surface area contributed by atoms with Gasteiger partial charge in [0.2, 0.25) is 0 Å². The maximum atomic E-state index is 5.76. The van der Waals surface area contributed by atoms with Crippen molar-refractivity contribution in [2.24, 2.45) is 0 Å². The van der Waals surface area contributed by atoms with Crippen LogP contribution in [0.25, 0.3) is 0 Å². The fraction of sp³-hybridized carbons (Fsp3) is 0.857. The molecule has 1 saturated carbocycles. The Morgan fingerprint density at radius 2 is 1.80 bits per heavy atom. The molecule has 0 saturated heterocycles. The molecule has 0 aromatic heterocycles. The molecular weight excluding hydrogens is 184 g/mol. The molecule has 0 aromatic rings. The lowest BCUT2D eigenvalue weighted by Gasteiger charge is -2.12. The summed E-state index contributed by atoms with van der Waals surface area (Å²) in [5.41, 5.74) is 0. The second kappa shape index (κ2) is 8.82. The van der Waals surface area contributed by atoms with E-state index < -0.39 is 0 Å². The van der Waals surface area contributed by atoms with Crippen LogP contribution in [0.2, 0.25) is 0 Å². The molecule has 0 unspecified atom stereocenters. The van der Waals surface area contributed by atoms with Crippen LogP contribution in [0.3, 0.4) is 0 Å². The van der Waals surface area contributed by atoms with Crippen LogP contribution in [-0.2, 0) is 4.74 Å². The van der Waals surface area contributed by atoms with E-state index in [9.17, 15) is 0 Å². The van der Waals surface area contributed by atoms with Crippen LogP contribution in [0.1, 0.15) is 71.1 Å². The molecule has 0 N–H and O–H groups in total. The molecule has 1 aliphatic carbocycles. The van der Waals surface area contributed by atoms with E-state index in [2.05, 4.69) is 13.0 Å². The molecule has 0 radical (unpaired) electrons. The van der Waals surface area contributed by atoms with Gasteiger partial charge < -0.3 is 4.74 Å². The smallest absolute Gasteiger partial charge is 0.0978 e. The molecule has 0 atom stereocenters. The fourth-order valence-electron chi connectivity index (χ4n) is 2.12. The zero-order valence-electron chi connectivity index (χ0n) is 10.2. The van der Waals surface area contributed by atoms with Gasteiger partial charge >= 0.3 is 0 Å². The molecule has 88 valence electrons. The Balaban J connectivity index is 2.01. The molecule has 0 aliphatic heterocycles. The van der Waals surface area contributed by atoms with Crippen molar-refractivity contribution >= 4 is 0 Å². The van der Waals surface area contributed by atoms with E-state index in [1.54, 1.807) is 0 Å². The molecule has 15 heavy (non-hydrogen) atoms. The highest BCUT2D eigenvalue weighted by Crippen LogP contribution is 2.19. The van der Waals surface area contributed by atoms with Crippen LogP contribution in [0.4, 0.5) is 0 Å². The van der Waals surface area contributed by atoms with E-state index in [0.717, 1.165) is 0 Å². The Labute approximate surface area is 94.9 Å². The Morgan fingerprint density at radius 3 is 2.47 bits per heavy atom. The predicted molar refractivity (Wildman–Crippen MR) is 65.9 cm³/mol. The Morgan fingerprint density at radius 1 is 1.07 bits per heavy atom. The molecule has 0 aromatic carbocycles. The Hall–Kier alpha value is -0.460. The minimum atomic E-state index is 0.509. The Kier molecular flexibility index (Phi) is 7.41. The highest BCUT2D eigenvalue weighted by atomic mass is 16.5. The number of hydrogen-bond donors (Lipinski definition) is 0. The van der Waals surface area contributed by atoms with Crippen LogP contribution in [0, 0.1) is 0 Å². The van der Waals surface area contributed by atoms with Gasteiger partial charge in [0.25, 0.3) is 0 Å². The second-order valence-electron chi connectivity index (χ2n) is 4.62. The molecular formula is C14H26O. The van der Waals surface area contributed by atoms with Crippen molar-refractivity contribution in [1.29, 1.82) is 0 Å². The van der Waals surface area contributed by atoms with Crippen molar-refractivity contribution in [1.82, 2.24) is 0 Å². The minimum absolute atomic E-state index is 0.509. The molecule has 1 rings (SSSR count). The van der Waals surface area contributed by atoms with Crippen LogP contribution in [0.5, 0.6) is 0 Å². The third-order valence-corrected chi connectivity index (χ3v) is 3.14. The zero-order valence-corrected chi connectivity index (χ0v) is 10.2. The second-order valence-corrected chi connectivity index (χ2v) is 4.62. The summed E-state index contributed by atoms with van der Waals surface area (Å²) in [4.78, 5) is 0. The van der Waals surface area contributed by atoms with Crippen molar-refractivity contribution in [2.45, 2.75) is 77.2 Å². The van der Waals surface area contributed by atoms with E-state index in [-0.39, 0.29) is 0 Å². The SMILES string of the molecule is CCCCC/C=C/OC1CCCCCC1.